The van der Waals surface area contributed by atoms with Gasteiger partial charge in [0.15, 0.2) is 0 Å². The second-order valence-electron chi connectivity index (χ2n) is 6.31. The summed E-state index contributed by atoms with van der Waals surface area (Å²) in [5.41, 5.74) is 4.53. The number of nitrogens with zero attached hydrogens (tertiary/aromatic N) is 1. The summed E-state index contributed by atoms with van der Waals surface area (Å²) < 4.78 is 4.66. The first kappa shape index (κ1) is 18.5. The van der Waals surface area contributed by atoms with Gasteiger partial charge in [-0.05, 0) is 19.9 Å². The summed E-state index contributed by atoms with van der Waals surface area (Å²) in [5.74, 6) is -1.37. The molecular weight excluding hydrogens is 386 g/mol. The van der Waals surface area contributed by atoms with E-state index in [2.05, 4.69) is 5.32 Å². The number of aliphatic carboxylic acids is 1. The number of fused-ring (bicyclic) bond motifs is 1. The van der Waals surface area contributed by atoms with Crippen LogP contribution in [-0.4, -0.2) is 26.8 Å². The molecule has 0 radical (unpaired) electrons. The second-order valence-corrected chi connectivity index (χ2v) is 8.50. The molecule has 0 aliphatic carbocycles. The van der Waals surface area contributed by atoms with Crippen LogP contribution in [0.25, 0.3) is 11.0 Å². The van der Waals surface area contributed by atoms with Gasteiger partial charge in [0, 0.05) is 15.8 Å². The monoisotopic (exact) mass is 399 g/mol. The van der Waals surface area contributed by atoms with Gasteiger partial charge in [-0.2, -0.15) is 0 Å². The number of nitro benzene ring substituents is 1. The van der Waals surface area contributed by atoms with Crippen LogP contribution in [0.15, 0.2) is 21.3 Å². The lowest BCUT2D eigenvalue weighted by atomic mass is 10.0. The van der Waals surface area contributed by atoms with Crippen molar-refractivity contribution in [3.8, 4) is 0 Å². The van der Waals surface area contributed by atoms with E-state index in [1.54, 1.807) is 13.8 Å². The van der Waals surface area contributed by atoms with Crippen molar-refractivity contribution in [3.05, 3.63) is 43.1 Å². The Hall–Kier alpha value is -2.30. The topological polar surface area (TPSA) is 149 Å². The molecule has 9 nitrogen and oxygen atoms in total. The van der Waals surface area contributed by atoms with Crippen LogP contribution in [0.3, 0.4) is 0 Å². The van der Waals surface area contributed by atoms with E-state index < -0.39 is 38.2 Å². The van der Waals surface area contributed by atoms with Crippen molar-refractivity contribution in [2.75, 3.05) is 5.73 Å². The lowest BCUT2D eigenvalue weighted by molar-refractivity contribution is -0.383. The zero-order valence-electron chi connectivity index (χ0n) is 13.6. The van der Waals surface area contributed by atoms with Crippen molar-refractivity contribution in [3.63, 3.8) is 0 Å². The van der Waals surface area contributed by atoms with Crippen LogP contribution in [0.5, 0.6) is 0 Å². The van der Waals surface area contributed by atoms with Crippen LogP contribution >= 0.6 is 23.4 Å². The molecule has 2 aromatic rings. The summed E-state index contributed by atoms with van der Waals surface area (Å²) >= 11 is 7.10. The Morgan fingerprint density at radius 3 is 2.69 bits per heavy atom. The molecule has 11 heteroatoms. The number of nitrogens with two attached hydrogens (primary N) is 1. The number of hydrogen-bond acceptors (Lipinski definition) is 8. The molecule has 1 aromatic heterocycles. The number of carboxylic acid groups (broad SMARTS) is 1. The molecule has 2 heterocycles. The Kier molecular flexibility index (Phi) is 4.37. The van der Waals surface area contributed by atoms with Gasteiger partial charge in [-0.3, -0.25) is 25.0 Å². The molecule has 138 valence electrons. The number of nitro groups is 1. The predicted octanol–water partition coefficient (Wildman–Crippen LogP) is 2.50. The number of anilines is 1. The maximum absolute atomic E-state index is 12.9. The molecule has 3 rings (SSSR count). The lowest BCUT2D eigenvalue weighted by Gasteiger charge is -2.20. The Bertz CT molecular complexity index is 1010. The molecule has 0 bridgehead atoms. The van der Waals surface area contributed by atoms with Crippen LogP contribution in [-0.2, 0) is 4.79 Å². The van der Waals surface area contributed by atoms with E-state index in [1.807, 2.05) is 0 Å². The standard InChI is InChI=1S/C15H14ClN3O6S/c1-15(2)11(14(21)22)18-13(26-15)8-9(20)6-3-5(16)4-7(19(23)24)10(6)25-12(8)17/h3-4,11,13,18H,17H2,1-2H3,(H,21,22). The smallest absolute Gasteiger partial charge is 0.322 e. The summed E-state index contributed by atoms with van der Waals surface area (Å²) in [4.78, 5) is 34.8. The number of non-ortho nitro benzene ring substituents is 1. The van der Waals surface area contributed by atoms with Crippen LogP contribution < -0.4 is 16.5 Å². The van der Waals surface area contributed by atoms with E-state index >= 15 is 0 Å². The van der Waals surface area contributed by atoms with E-state index in [1.165, 1.54) is 17.8 Å². The summed E-state index contributed by atoms with van der Waals surface area (Å²) in [7, 11) is 0. The van der Waals surface area contributed by atoms with Gasteiger partial charge >= 0.3 is 11.7 Å². The van der Waals surface area contributed by atoms with Gasteiger partial charge in [0.25, 0.3) is 0 Å². The maximum atomic E-state index is 12.9. The first-order valence-corrected chi connectivity index (χ1v) is 8.65. The van der Waals surface area contributed by atoms with Crippen molar-refractivity contribution in [2.24, 2.45) is 0 Å². The van der Waals surface area contributed by atoms with Crippen molar-refractivity contribution >= 4 is 51.9 Å². The Morgan fingerprint density at radius 2 is 2.15 bits per heavy atom. The fraction of sp³-hybridized carbons (Fsp3) is 0.333. The van der Waals surface area contributed by atoms with Crippen molar-refractivity contribution < 1.29 is 19.2 Å². The third kappa shape index (κ3) is 2.89. The van der Waals surface area contributed by atoms with E-state index in [0.717, 1.165) is 6.07 Å². The van der Waals surface area contributed by atoms with Gasteiger partial charge in [-0.1, -0.05) is 11.6 Å². The normalized spacial score (nSPS) is 21.8. The molecule has 0 spiro atoms. The van der Waals surface area contributed by atoms with Crippen LogP contribution in [0.4, 0.5) is 11.6 Å². The third-order valence-electron chi connectivity index (χ3n) is 4.14. The lowest BCUT2D eigenvalue weighted by Crippen LogP contribution is -2.44. The van der Waals surface area contributed by atoms with Crippen LogP contribution in [0, 0.1) is 10.1 Å². The van der Waals surface area contributed by atoms with Gasteiger partial charge < -0.3 is 15.3 Å². The number of carbonyl (C=O) groups is 1. The molecule has 1 fully saturated rings. The minimum Gasteiger partial charge on any atom is -0.480 e. The molecule has 1 aliphatic heterocycles. The highest BCUT2D eigenvalue weighted by molar-refractivity contribution is 8.01. The molecule has 26 heavy (non-hydrogen) atoms. The van der Waals surface area contributed by atoms with E-state index in [4.69, 9.17) is 21.8 Å². The van der Waals surface area contributed by atoms with Crippen LogP contribution in [0.2, 0.25) is 5.02 Å². The summed E-state index contributed by atoms with van der Waals surface area (Å²) in [6.45, 7) is 3.45. The van der Waals surface area contributed by atoms with Crippen molar-refractivity contribution in [2.45, 2.75) is 30.0 Å². The van der Waals surface area contributed by atoms with Gasteiger partial charge in [0.1, 0.15) is 6.04 Å². The number of benzene rings is 1. The fourth-order valence-corrected chi connectivity index (χ4v) is 4.60. The maximum Gasteiger partial charge on any atom is 0.322 e. The molecule has 4 N–H and O–H groups in total. The molecule has 0 saturated carbocycles. The molecular formula is C15H14ClN3O6S. The van der Waals surface area contributed by atoms with Gasteiger partial charge in [0.05, 0.1) is 21.2 Å². The Balaban J connectivity index is 2.22. The summed E-state index contributed by atoms with van der Waals surface area (Å²) in [6.07, 6.45) is 0. The average molecular weight is 400 g/mol. The number of nitrogens with one attached hydrogen (secondary N) is 1. The quantitative estimate of drug-likeness (QED) is 0.522. The van der Waals surface area contributed by atoms with E-state index in [9.17, 15) is 24.8 Å². The molecule has 2 unspecified atom stereocenters. The third-order valence-corrected chi connectivity index (χ3v) is 5.81. The first-order valence-electron chi connectivity index (χ1n) is 7.39. The molecule has 2 atom stereocenters. The van der Waals surface area contributed by atoms with Gasteiger partial charge in [0.2, 0.25) is 16.9 Å². The number of rotatable bonds is 3. The fourth-order valence-electron chi connectivity index (χ4n) is 2.93. The number of nitrogen functional groups attached to an aromatic ring is 1. The zero-order chi connectivity index (χ0) is 19.4. The zero-order valence-corrected chi connectivity index (χ0v) is 15.2. The first-order chi connectivity index (χ1) is 12.0. The predicted molar refractivity (Wildman–Crippen MR) is 97.5 cm³/mol. The number of hydrogen-bond donors (Lipinski definition) is 3. The van der Waals surface area contributed by atoms with E-state index in [0.29, 0.717) is 0 Å². The highest BCUT2D eigenvalue weighted by Gasteiger charge is 2.47. The minimum absolute atomic E-state index is 0.00278. The highest BCUT2D eigenvalue weighted by atomic mass is 35.5. The molecule has 0 amide bonds. The Morgan fingerprint density at radius 1 is 1.50 bits per heavy atom. The molecule has 1 saturated heterocycles. The van der Waals surface area contributed by atoms with Gasteiger partial charge in [-0.15, -0.1) is 11.8 Å². The second kappa shape index (κ2) is 6.15. The average Bonchev–Trinajstić information content (AvgIpc) is 2.83. The number of carboxylic acids is 1. The van der Waals surface area contributed by atoms with Gasteiger partial charge in [-0.25, -0.2) is 0 Å². The van der Waals surface area contributed by atoms with Crippen molar-refractivity contribution in [1.29, 1.82) is 0 Å². The number of thioether (sulfide) groups is 1. The minimum atomic E-state index is -1.06. The summed E-state index contributed by atoms with van der Waals surface area (Å²) in [5, 5.41) is 22.6. The van der Waals surface area contributed by atoms with Crippen molar-refractivity contribution in [1.82, 2.24) is 5.32 Å². The largest absolute Gasteiger partial charge is 0.480 e. The van der Waals surface area contributed by atoms with Crippen LogP contribution in [0.1, 0.15) is 24.8 Å². The molecule has 1 aliphatic rings. The SMILES string of the molecule is CC1(C)SC(c2c(N)oc3c([N+](=O)[O-])cc(Cl)cc3c2=O)NC1C(=O)O. The van der Waals surface area contributed by atoms with E-state index in [-0.39, 0.29) is 27.4 Å². The number of halogens is 1. The highest BCUT2D eigenvalue weighted by Crippen LogP contribution is 2.46. The molecule has 1 aromatic carbocycles. The summed E-state index contributed by atoms with van der Waals surface area (Å²) in [6, 6.07) is 1.41. The Labute approximate surface area is 155 Å².